The Morgan fingerprint density at radius 2 is 2.22 bits per heavy atom. The number of benzene rings is 1. The first-order valence-electron chi connectivity index (χ1n) is 6.33. The van der Waals surface area contributed by atoms with E-state index in [1.54, 1.807) is 7.05 Å². The number of aromatic nitrogens is 1. The number of H-pyrrole nitrogens is 1. The van der Waals surface area contributed by atoms with Crippen LogP contribution in [0.15, 0.2) is 24.3 Å². The SMILES string of the molecule is CNC(=O)C1CNCCc2c1[nH]c1ccccc21. The van der Waals surface area contributed by atoms with Crippen molar-refractivity contribution in [2.75, 3.05) is 20.1 Å². The maximum absolute atomic E-state index is 12.0. The molecule has 18 heavy (non-hydrogen) atoms. The number of carbonyl (C=O) groups excluding carboxylic acids is 1. The third-order valence-corrected chi connectivity index (χ3v) is 3.66. The number of likely N-dealkylation sites (N-methyl/N-ethyl adjacent to an activating group) is 1. The number of fused-ring (bicyclic) bond motifs is 3. The average Bonchev–Trinajstić information content (AvgIpc) is 2.64. The van der Waals surface area contributed by atoms with Crippen molar-refractivity contribution in [3.63, 3.8) is 0 Å². The zero-order chi connectivity index (χ0) is 12.5. The summed E-state index contributed by atoms with van der Waals surface area (Å²) >= 11 is 0. The summed E-state index contributed by atoms with van der Waals surface area (Å²) in [6.07, 6.45) is 0.965. The Balaban J connectivity index is 2.17. The van der Waals surface area contributed by atoms with E-state index >= 15 is 0 Å². The molecular formula is C14H17N3O. The minimum absolute atomic E-state index is 0.0669. The number of rotatable bonds is 1. The van der Waals surface area contributed by atoms with Gasteiger partial charge in [-0.3, -0.25) is 4.79 Å². The zero-order valence-corrected chi connectivity index (χ0v) is 10.4. The second-order valence-corrected chi connectivity index (χ2v) is 4.68. The van der Waals surface area contributed by atoms with Crippen LogP contribution >= 0.6 is 0 Å². The van der Waals surface area contributed by atoms with Gasteiger partial charge in [0.05, 0.1) is 5.92 Å². The van der Waals surface area contributed by atoms with Crippen molar-refractivity contribution in [1.29, 1.82) is 0 Å². The Hall–Kier alpha value is -1.81. The lowest BCUT2D eigenvalue weighted by molar-refractivity contribution is -0.122. The van der Waals surface area contributed by atoms with Gasteiger partial charge in [-0.05, 0) is 24.6 Å². The molecule has 1 aliphatic rings. The molecule has 0 saturated heterocycles. The van der Waals surface area contributed by atoms with Gasteiger partial charge >= 0.3 is 0 Å². The fourth-order valence-electron chi connectivity index (χ4n) is 2.75. The van der Waals surface area contributed by atoms with Crippen molar-refractivity contribution >= 4 is 16.8 Å². The standard InChI is InChI=1S/C14H17N3O/c1-15-14(18)11-8-16-7-6-10-9-4-2-3-5-12(9)17-13(10)11/h2-5,11,16-17H,6-8H2,1H3,(H,15,18). The van der Waals surface area contributed by atoms with E-state index in [1.807, 2.05) is 12.1 Å². The quantitative estimate of drug-likeness (QED) is 0.703. The van der Waals surface area contributed by atoms with Crippen LogP contribution in [0.5, 0.6) is 0 Å². The summed E-state index contributed by atoms with van der Waals surface area (Å²) in [6.45, 7) is 1.61. The first-order chi connectivity index (χ1) is 8.81. The molecule has 0 aliphatic carbocycles. The van der Waals surface area contributed by atoms with Gasteiger partial charge in [-0.15, -0.1) is 0 Å². The second-order valence-electron chi connectivity index (χ2n) is 4.68. The van der Waals surface area contributed by atoms with Gasteiger partial charge < -0.3 is 15.6 Å². The highest BCUT2D eigenvalue weighted by Crippen LogP contribution is 2.29. The largest absolute Gasteiger partial charge is 0.359 e. The van der Waals surface area contributed by atoms with Crippen LogP contribution < -0.4 is 10.6 Å². The van der Waals surface area contributed by atoms with E-state index in [4.69, 9.17) is 0 Å². The number of nitrogens with one attached hydrogen (secondary N) is 3. The van der Waals surface area contributed by atoms with Crippen LogP contribution in [0.3, 0.4) is 0 Å². The lowest BCUT2D eigenvalue weighted by Gasteiger charge is -2.13. The van der Waals surface area contributed by atoms with Crippen LogP contribution in [0.1, 0.15) is 17.2 Å². The van der Waals surface area contributed by atoms with E-state index in [-0.39, 0.29) is 11.8 Å². The van der Waals surface area contributed by atoms with E-state index in [0.29, 0.717) is 6.54 Å². The summed E-state index contributed by atoms with van der Waals surface area (Å²) in [5.41, 5.74) is 3.48. The second kappa shape index (κ2) is 4.46. The normalized spacial score (nSPS) is 19.3. The van der Waals surface area contributed by atoms with Crippen molar-refractivity contribution in [1.82, 2.24) is 15.6 Å². The van der Waals surface area contributed by atoms with Gasteiger partial charge in [0.15, 0.2) is 0 Å². The lowest BCUT2D eigenvalue weighted by atomic mass is 9.99. The van der Waals surface area contributed by atoms with Gasteiger partial charge in [-0.2, -0.15) is 0 Å². The highest BCUT2D eigenvalue weighted by atomic mass is 16.1. The number of hydrogen-bond acceptors (Lipinski definition) is 2. The van der Waals surface area contributed by atoms with Crippen LogP contribution in [-0.2, 0) is 11.2 Å². The maximum atomic E-state index is 12.0. The number of amides is 1. The van der Waals surface area contributed by atoms with Gasteiger partial charge in [-0.1, -0.05) is 18.2 Å². The molecule has 0 saturated carbocycles. The number of para-hydroxylation sites is 1. The Labute approximate surface area is 106 Å². The summed E-state index contributed by atoms with van der Waals surface area (Å²) in [5.74, 6) is -0.0582. The fourth-order valence-corrected chi connectivity index (χ4v) is 2.75. The molecule has 0 fully saturated rings. The number of hydrogen-bond donors (Lipinski definition) is 3. The molecule has 1 aromatic carbocycles. The Morgan fingerprint density at radius 3 is 3.06 bits per heavy atom. The monoisotopic (exact) mass is 243 g/mol. The molecule has 0 radical (unpaired) electrons. The third kappa shape index (κ3) is 1.69. The van der Waals surface area contributed by atoms with Gasteiger partial charge in [0.25, 0.3) is 0 Å². The predicted octanol–water partition coefficient (Wildman–Crippen LogP) is 1.14. The molecule has 3 N–H and O–H groups in total. The maximum Gasteiger partial charge on any atom is 0.230 e. The molecule has 1 aliphatic heterocycles. The fraction of sp³-hybridized carbons (Fsp3) is 0.357. The molecule has 1 unspecified atom stereocenters. The van der Waals surface area contributed by atoms with Crippen LogP contribution in [0.4, 0.5) is 0 Å². The van der Waals surface area contributed by atoms with E-state index in [2.05, 4.69) is 27.8 Å². The van der Waals surface area contributed by atoms with Gasteiger partial charge in [0.1, 0.15) is 0 Å². The van der Waals surface area contributed by atoms with Gasteiger partial charge in [0.2, 0.25) is 5.91 Å². The van der Waals surface area contributed by atoms with Crippen molar-refractivity contribution in [3.8, 4) is 0 Å². The van der Waals surface area contributed by atoms with Crippen molar-refractivity contribution in [2.24, 2.45) is 0 Å². The molecule has 1 atom stereocenters. The minimum Gasteiger partial charge on any atom is -0.359 e. The molecule has 1 amide bonds. The van der Waals surface area contributed by atoms with E-state index in [0.717, 1.165) is 24.2 Å². The average molecular weight is 243 g/mol. The van der Waals surface area contributed by atoms with Gasteiger partial charge in [-0.25, -0.2) is 0 Å². The van der Waals surface area contributed by atoms with Crippen molar-refractivity contribution < 1.29 is 4.79 Å². The zero-order valence-electron chi connectivity index (χ0n) is 10.4. The van der Waals surface area contributed by atoms with E-state index in [1.165, 1.54) is 10.9 Å². The molecular weight excluding hydrogens is 226 g/mol. The first-order valence-corrected chi connectivity index (χ1v) is 6.33. The number of aromatic amines is 1. The first kappa shape index (κ1) is 11.3. The number of carbonyl (C=O) groups is 1. The molecule has 2 aromatic rings. The molecule has 4 nitrogen and oxygen atoms in total. The highest BCUT2D eigenvalue weighted by Gasteiger charge is 2.27. The summed E-state index contributed by atoms with van der Waals surface area (Å²) in [5, 5.41) is 7.32. The summed E-state index contributed by atoms with van der Waals surface area (Å²) in [7, 11) is 1.69. The molecule has 94 valence electrons. The predicted molar refractivity (Wildman–Crippen MR) is 71.7 cm³/mol. The molecule has 4 heteroatoms. The van der Waals surface area contributed by atoms with Crippen LogP contribution in [0.2, 0.25) is 0 Å². The highest BCUT2D eigenvalue weighted by molar-refractivity contribution is 5.90. The molecule has 0 bridgehead atoms. The molecule has 0 spiro atoms. The van der Waals surface area contributed by atoms with Crippen LogP contribution in [0, 0.1) is 0 Å². The summed E-state index contributed by atoms with van der Waals surface area (Å²) in [4.78, 5) is 15.4. The van der Waals surface area contributed by atoms with Crippen LogP contribution in [0.25, 0.3) is 10.9 Å². The van der Waals surface area contributed by atoms with Crippen LogP contribution in [-0.4, -0.2) is 31.0 Å². The summed E-state index contributed by atoms with van der Waals surface area (Å²) in [6, 6.07) is 8.25. The third-order valence-electron chi connectivity index (χ3n) is 3.66. The molecule has 1 aromatic heterocycles. The smallest absolute Gasteiger partial charge is 0.230 e. The Kier molecular flexibility index (Phi) is 2.80. The minimum atomic E-state index is -0.125. The topological polar surface area (TPSA) is 56.9 Å². The summed E-state index contributed by atoms with van der Waals surface area (Å²) < 4.78 is 0. The Bertz CT molecular complexity index is 588. The van der Waals surface area contributed by atoms with E-state index < -0.39 is 0 Å². The van der Waals surface area contributed by atoms with Gasteiger partial charge in [0, 0.05) is 30.2 Å². The van der Waals surface area contributed by atoms with E-state index in [9.17, 15) is 4.79 Å². The molecule has 3 rings (SSSR count). The lowest BCUT2D eigenvalue weighted by Crippen LogP contribution is -2.32. The van der Waals surface area contributed by atoms with Crippen molar-refractivity contribution in [3.05, 3.63) is 35.5 Å². The van der Waals surface area contributed by atoms with Crippen molar-refractivity contribution in [2.45, 2.75) is 12.3 Å². The Morgan fingerprint density at radius 1 is 1.39 bits per heavy atom. The molecule has 2 heterocycles.